The largest absolute Gasteiger partial charge is 0.367 e. The maximum atomic E-state index is 12.9. The summed E-state index contributed by atoms with van der Waals surface area (Å²) in [4.78, 5) is 37.3. The molecule has 9 nitrogen and oxygen atoms in total. The summed E-state index contributed by atoms with van der Waals surface area (Å²) in [5.41, 5.74) is 3.18. The van der Waals surface area contributed by atoms with E-state index in [4.69, 9.17) is 0 Å². The Bertz CT molecular complexity index is 1040. The molecule has 3 heterocycles. The van der Waals surface area contributed by atoms with Crippen molar-refractivity contribution in [1.29, 1.82) is 0 Å². The highest BCUT2D eigenvalue weighted by Gasteiger charge is 2.23. The first kappa shape index (κ1) is 26.0. The summed E-state index contributed by atoms with van der Waals surface area (Å²) in [6, 6.07) is 11.0. The van der Waals surface area contributed by atoms with E-state index in [-0.39, 0.29) is 23.9 Å². The number of aromatic nitrogens is 2. The van der Waals surface area contributed by atoms with Gasteiger partial charge in [-0.05, 0) is 30.4 Å². The zero-order chi connectivity index (χ0) is 25.5. The van der Waals surface area contributed by atoms with Crippen LogP contribution < -0.4 is 16.0 Å². The third-order valence-corrected chi connectivity index (χ3v) is 6.96. The number of fused-ring (bicyclic) bond motifs is 1. The molecule has 9 heteroatoms. The lowest BCUT2D eigenvalue weighted by molar-refractivity contribution is -0.129. The molecule has 2 amide bonds. The number of nitrogens with one attached hydrogen (secondary N) is 3. The summed E-state index contributed by atoms with van der Waals surface area (Å²) in [6.07, 6.45) is 4.20. The molecule has 0 aliphatic carbocycles. The molecule has 3 N–H and O–H groups in total. The van der Waals surface area contributed by atoms with Crippen molar-refractivity contribution in [3.05, 3.63) is 53.5 Å². The number of likely N-dealkylation sites (tertiary alicyclic amines) is 1. The Labute approximate surface area is 214 Å². The summed E-state index contributed by atoms with van der Waals surface area (Å²) < 4.78 is 0. The number of rotatable bonds is 9. The zero-order valence-electron chi connectivity index (χ0n) is 21.7. The minimum atomic E-state index is -0.202. The molecule has 2 aromatic rings. The lowest BCUT2D eigenvalue weighted by atomic mass is 9.99. The fourth-order valence-corrected chi connectivity index (χ4v) is 5.08. The lowest BCUT2D eigenvalue weighted by Gasteiger charge is -2.33. The molecule has 0 saturated carbocycles. The van der Waals surface area contributed by atoms with E-state index in [2.05, 4.69) is 68.9 Å². The van der Waals surface area contributed by atoms with Crippen molar-refractivity contribution in [1.82, 2.24) is 30.4 Å². The molecular weight excluding hydrogens is 454 g/mol. The van der Waals surface area contributed by atoms with Crippen LogP contribution in [0.5, 0.6) is 0 Å². The molecule has 4 rings (SSSR count). The number of hydrogen-bond acceptors (Lipinski definition) is 7. The second-order valence-corrected chi connectivity index (χ2v) is 10.2. The second kappa shape index (κ2) is 12.3. The number of hydrogen-bond donors (Lipinski definition) is 3. The normalized spacial score (nSPS) is 17.5. The van der Waals surface area contributed by atoms with E-state index in [0.29, 0.717) is 24.1 Å². The van der Waals surface area contributed by atoms with Crippen LogP contribution >= 0.6 is 0 Å². The molecule has 1 unspecified atom stereocenters. The number of carbonyl (C=O) groups is 2. The van der Waals surface area contributed by atoms with Crippen molar-refractivity contribution >= 4 is 17.6 Å². The van der Waals surface area contributed by atoms with Crippen molar-refractivity contribution in [3.8, 4) is 0 Å². The smallest absolute Gasteiger partial charge is 0.270 e. The van der Waals surface area contributed by atoms with Gasteiger partial charge in [-0.15, -0.1) is 0 Å². The van der Waals surface area contributed by atoms with Gasteiger partial charge in [0.2, 0.25) is 5.91 Å². The third-order valence-electron chi connectivity index (χ3n) is 6.96. The summed E-state index contributed by atoms with van der Waals surface area (Å²) in [5, 5.41) is 10.1. The summed E-state index contributed by atoms with van der Waals surface area (Å²) in [7, 11) is 0. The quantitative estimate of drug-likeness (QED) is 0.491. The Balaban J connectivity index is 1.30. The first-order chi connectivity index (χ1) is 17.4. The van der Waals surface area contributed by atoms with Gasteiger partial charge in [0.15, 0.2) is 0 Å². The van der Waals surface area contributed by atoms with Crippen LogP contribution in [0.15, 0.2) is 36.7 Å². The number of piperidine rings is 1. The van der Waals surface area contributed by atoms with Gasteiger partial charge in [-0.25, -0.2) is 9.97 Å². The maximum Gasteiger partial charge on any atom is 0.270 e. The summed E-state index contributed by atoms with van der Waals surface area (Å²) in [5.74, 6) is 0.552. The topological polar surface area (TPSA) is 102 Å². The Morgan fingerprint density at radius 2 is 1.83 bits per heavy atom. The lowest BCUT2D eigenvalue weighted by Crippen LogP contribution is -2.50. The molecule has 1 aromatic carbocycles. The van der Waals surface area contributed by atoms with Crippen LogP contribution in [0.2, 0.25) is 0 Å². The van der Waals surface area contributed by atoms with Crippen molar-refractivity contribution in [3.63, 3.8) is 0 Å². The number of amides is 2. The fraction of sp³-hybridized carbons (Fsp3) is 0.556. The molecule has 1 saturated heterocycles. The molecule has 1 atom stereocenters. The number of anilines is 1. The van der Waals surface area contributed by atoms with Gasteiger partial charge in [0.05, 0.1) is 0 Å². The average Bonchev–Trinajstić information content (AvgIpc) is 2.87. The van der Waals surface area contributed by atoms with Gasteiger partial charge in [-0.2, -0.15) is 0 Å². The highest BCUT2D eigenvalue weighted by molar-refractivity contribution is 5.92. The van der Waals surface area contributed by atoms with Crippen molar-refractivity contribution in [2.45, 2.75) is 64.7 Å². The molecule has 36 heavy (non-hydrogen) atoms. The molecule has 1 aromatic heterocycles. The van der Waals surface area contributed by atoms with Gasteiger partial charge in [0.25, 0.3) is 5.91 Å². The van der Waals surface area contributed by atoms with Crippen LogP contribution in [-0.4, -0.2) is 82.4 Å². The van der Waals surface area contributed by atoms with Crippen molar-refractivity contribution < 1.29 is 9.59 Å². The van der Waals surface area contributed by atoms with Gasteiger partial charge in [0.1, 0.15) is 17.8 Å². The fourth-order valence-electron chi connectivity index (χ4n) is 5.08. The summed E-state index contributed by atoms with van der Waals surface area (Å²) >= 11 is 0. The van der Waals surface area contributed by atoms with Gasteiger partial charge in [-0.1, -0.05) is 38.1 Å². The van der Waals surface area contributed by atoms with Crippen LogP contribution in [0.4, 0.5) is 5.82 Å². The molecule has 0 radical (unpaired) electrons. The predicted octanol–water partition coefficient (Wildman–Crippen LogP) is 2.05. The van der Waals surface area contributed by atoms with Gasteiger partial charge >= 0.3 is 0 Å². The molecule has 194 valence electrons. The summed E-state index contributed by atoms with van der Waals surface area (Å²) in [6.45, 7) is 10.7. The number of benzene rings is 1. The average molecular weight is 494 g/mol. The van der Waals surface area contributed by atoms with E-state index in [9.17, 15) is 9.59 Å². The van der Waals surface area contributed by atoms with Gasteiger partial charge < -0.3 is 20.9 Å². The van der Waals surface area contributed by atoms with Gasteiger partial charge in [0, 0.05) is 70.4 Å². The molecule has 1 fully saturated rings. The van der Waals surface area contributed by atoms with E-state index >= 15 is 0 Å². The SMILES string of the molecule is CC(=O)N1CCC(Nc2cc(C(=O)NCC(CN3CCc4ccccc4C3)NC(C)C)ncn2)CC1. The van der Waals surface area contributed by atoms with Crippen LogP contribution in [0.25, 0.3) is 0 Å². The first-order valence-electron chi connectivity index (χ1n) is 13.0. The maximum absolute atomic E-state index is 12.9. The molecule has 0 bridgehead atoms. The van der Waals surface area contributed by atoms with Crippen LogP contribution in [0.3, 0.4) is 0 Å². The molecule has 2 aliphatic heterocycles. The second-order valence-electron chi connectivity index (χ2n) is 10.2. The minimum absolute atomic E-state index is 0.116. The van der Waals surface area contributed by atoms with Crippen molar-refractivity contribution in [2.24, 2.45) is 0 Å². The Morgan fingerprint density at radius 1 is 1.08 bits per heavy atom. The Kier molecular flexibility index (Phi) is 8.88. The van der Waals surface area contributed by atoms with E-state index < -0.39 is 0 Å². The van der Waals surface area contributed by atoms with Crippen molar-refractivity contribution in [2.75, 3.05) is 38.0 Å². The van der Waals surface area contributed by atoms with E-state index in [0.717, 1.165) is 52.0 Å². The molecule has 2 aliphatic rings. The molecular formula is C27H39N7O2. The highest BCUT2D eigenvalue weighted by Crippen LogP contribution is 2.19. The molecule has 0 spiro atoms. The van der Waals surface area contributed by atoms with Crippen LogP contribution in [0, 0.1) is 0 Å². The predicted molar refractivity (Wildman–Crippen MR) is 141 cm³/mol. The van der Waals surface area contributed by atoms with Crippen LogP contribution in [-0.2, 0) is 17.8 Å². The Morgan fingerprint density at radius 3 is 2.56 bits per heavy atom. The van der Waals surface area contributed by atoms with E-state index in [1.807, 2.05) is 4.90 Å². The van der Waals surface area contributed by atoms with E-state index in [1.165, 1.54) is 17.5 Å². The zero-order valence-corrected chi connectivity index (χ0v) is 21.7. The monoisotopic (exact) mass is 493 g/mol. The number of nitrogens with zero attached hydrogens (tertiary/aromatic N) is 4. The standard InChI is InChI=1S/C27H39N7O2/c1-19(2)31-24(17-33-11-8-21-6-4-5-7-22(21)16-33)15-28-27(36)25-14-26(30-18-29-25)32-23-9-12-34(13-10-23)20(3)35/h4-7,14,18-19,23-24,31H,8-13,15-17H2,1-3H3,(H,28,36)(H,29,30,32). The Hall–Kier alpha value is -3.04. The number of carbonyl (C=O) groups excluding carboxylic acids is 2. The van der Waals surface area contributed by atoms with Crippen LogP contribution in [0.1, 0.15) is 55.2 Å². The third kappa shape index (κ3) is 7.24. The van der Waals surface area contributed by atoms with Gasteiger partial charge in [-0.3, -0.25) is 14.5 Å². The minimum Gasteiger partial charge on any atom is -0.367 e. The first-order valence-corrected chi connectivity index (χ1v) is 13.0. The highest BCUT2D eigenvalue weighted by atomic mass is 16.2. The van der Waals surface area contributed by atoms with E-state index in [1.54, 1.807) is 13.0 Å².